The summed E-state index contributed by atoms with van der Waals surface area (Å²) in [4.78, 5) is 10.0. The summed E-state index contributed by atoms with van der Waals surface area (Å²) in [5.41, 5.74) is 2.41. The van der Waals surface area contributed by atoms with Crippen LogP contribution in [-0.2, 0) is 6.42 Å². The van der Waals surface area contributed by atoms with Crippen molar-refractivity contribution in [3.8, 4) is 16.9 Å². The second-order valence-electron chi connectivity index (χ2n) is 7.77. The number of aromatic nitrogens is 2. The predicted molar refractivity (Wildman–Crippen MR) is 112 cm³/mol. The fourth-order valence-corrected chi connectivity index (χ4v) is 4.97. The fraction of sp³-hybridized carbons (Fsp3) is 0.364. The molecule has 2 aliphatic rings. The van der Waals surface area contributed by atoms with E-state index in [0.29, 0.717) is 28.8 Å². The molecule has 0 saturated heterocycles. The van der Waals surface area contributed by atoms with Gasteiger partial charge in [0, 0.05) is 29.5 Å². The Morgan fingerprint density at radius 1 is 1.17 bits per heavy atom. The zero-order chi connectivity index (χ0) is 20.7. The van der Waals surface area contributed by atoms with Crippen LogP contribution in [0.25, 0.3) is 11.1 Å². The summed E-state index contributed by atoms with van der Waals surface area (Å²) in [5, 5.41) is 14.0. The third-order valence-corrected chi connectivity index (χ3v) is 6.52. The lowest BCUT2D eigenvalue weighted by Crippen LogP contribution is -2.43. The maximum Gasteiger partial charge on any atom is 0.255 e. The highest BCUT2D eigenvalue weighted by Gasteiger charge is 2.47. The minimum Gasteiger partial charge on any atom is -0.485 e. The molecule has 2 aromatic heterocycles. The van der Waals surface area contributed by atoms with Gasteiger partial charge in [-0.1, -0.05) is 30.3 Å². The average Bonchev–Trinajstić information content (AvgIpc) is 3.12. The van der Waals surface area contributed by atoms with Gasteiger partial charge in [-0.3, -0.25) is 0 Å². The largest absolute Gasteiger partial charge is 0.485 e. The molecule has 2 heterocycles. The number of ether oxygens (including phenoxy) is 1. The van der Waals surface area contributed by atoms with Crippen LogP contribution in [0.5, 0.6) is 5.75 Å². The van der Waals surface area contributed by atoms with Crippen molar-refractivity contribution in [2.75, 3.05) is 5.32 Å². The molecular formula is C22H21F2N3O2S. The van der Waals surface area contributed by atoms with Gasteiger partial charge < -0.3 is 15.2 Å². The molecule has 0 bridgehead atoms. The van der Waals surface area contributed by atoms with Crippen LogP contribution in [0.15, 0.2) is 42.6 Å². The van der Waals surface area contributed by atoms with E-state index in [9.17, 15) is 13.9 Å². The zero-order valence-electron chi connectivity index (χ0n) is 16.1. The van der Waals surface area contributed by atoms with Crippen molar-refractivity contribution < 1.29 is 18.6 Å². The van der Waals surface area contributed by atoms with Gasteiger partial charge in [0.25, 0.3) is 5.92 Å². The summed E-state index contributed by atoms with van der Waals surface area (Å²) in [6, 6.07) is 11.5. The third kappa shape index (κ3) is 3.77. The SMILES string of the molecule is OC1CCCc2sc(Nc3nccc(-c4ccccc4)c3OC3CC(F)(F)C3)nc21. The summed E-state index contributed by atoms with van der Waals surface area (Å²) in [6.45, 7) is 0. The van der Waals surface area contributed by atoms with Gasteiger partial charge in [0.05, 0.1) is 11.8 Å². The van der Waals surface area contributed by atoms with E-state index < -0.39 is 18.1 Å². The lowest BCUT2D eigenvalue weighted by Gasteiger charge is -2.35. The van der Waals surface area contributed by atoms with Crippen LogP contribution < -0.4 is 10.1 Å². The number of aliphatic hydroxyl groups excluding tert-OH is 1. The van der Waals surface area contributed by atoms with Gasteiger partial charge in [0.2, 0.25) is 0 Å². The minimum absolute atomic E-state index is 0.298. The Labute approximate surface area is 176 Å². The van der Waals surface area contributed by atoms with Gasteiger partial charge in [-0.25, -0.2) is 18.7 Å². The molecule has 156 valence electrons. The molecule has 0 aliphatic heterocycles. The smallest absolute Gasteiger partial charge is 0.255 e. The number of hydrogen-bond donors (Lipinski definition) is 2. The maximum atomic E-state index is 13.4. The van der Waals surface area contributed by atoms with Crippen molar-refractivity contribution in [2.24, 2.45) is 0 Å². The van der Waals surface area contributed by atoms with Gasteiger partial charge in [-0.15, -0.1) is 11.3 Å². The molecule has 1 atom stereocenters. The van der Waals surface area contributed by atoms with Crippen LogP contribution in [0.1, 0.15) is 42.4 Å². The highest BCUT2D eigenvalue weighted by molar-refractivity contribution is 7.15. The van der Waals surface area contributed by atoms with Crippen LogP contribution in [0.2, 0.25) is 0 Å². The van der Waals surface area contributed by atoms with Crippen LogP contribution in [0, 0.1) is 0 Å². The average molecular weight is 429 g/mol. The number of aryl methyl sites for hydroxylation is 1. The van der Waals surface area contributed by atoms with E-state index in [1.54, 1.807) is 6.20 Å². The molecule has 3 aromatic rings. The third-order valence-electron chi connectivity index (χ3n) is 5.48. The number of thiazole rings is 1. The molecule has 1 unspecified atom stereocenters. The number of pyridine rings is 1. The fourth-order valence-electron chi connectivity index (χ4n) is 3.91. The zero-order valence-corrected chi connectivity index (χ0v) is 17.0. The number of benzene rings is 1. The van der Waals surface area contributed by atoms with Crippen molar-refractivity contribution in [3.05, 3.63) is 53.2 Å². The van der Waals surface area contributed by atoms with Crippen molar-refractivity contribution in [2.45, 2.75) is 50.2 Å². The molecule has 5 nitrogen and oxygen atoms in total. The van der Waals surface area contributed by atoms with Crippen LogP contribution in [0.4, 0.5) is 19.7 Å². The first-order valence-corrected chi connectivity index (χ1v) is 10.8. The van der Waals surface area contributed by atoms with Gasteiger partial charge in [0.1, 0.15) is 6.10 Å². The standard InChI is InChI=1S/C22H21F2N3O2S/c23-22(24)11-14(12-22)29-19-15(13-5-2-1-3-6-13)9-10-25-20(19)27-21-26-18-16(28)7-4-8-17(18)30-21/h1-3,5-6,9-10,14,16,28H,4,7-8,11-12H2,(H,25,26,27). The molecule has 1 saturated carbocycles. The summed E-state index contributed by atoms with van der Waals surface area (Å²) >= 11 is 1.48. The van der Waals surface area contributed by atoms with Crippen molar-refractivity contribution in [1.82, 2.24) is 9.97 Å². The Kier molecular flexibility index (Phi) is 4.91. The monoisotopic (exact) mass is 429 g/mol. The number of anilines is 2. The first kappa shape index (κ1) is 19.4. The topological polar surface area (TPSA) is 67.3 Å². The Hall–Kier alpha value is -2.58. The number of fused-ring (bicyclic) bond motifs is 1. The quantitative estimate of drug-likeness (QED) is 0.561. The van der Waals surface area contributed by atoms with E-state index in [1.807, 2.05) is 36.4 Å². The van der Waals surface area contributed by atoms with Crippen LogP contribution in [0.3, 0.4) is 0 Å². The highest BCUT2D eigenvalue weighted by Crippen LogP contribution is 2.44. The number of halogens is 2. The molecule has 0 radical (unpaired) electrons. The summed E-state index contributed by atoms with van der Waals surface area (Å²) in [6.07, 6.45) is 2.50. The maximum absolute atomic E-state index is 13.4. The second-order valence-corrected chi connectivity index (χ2v) is 8.85. The van der Waals surface area contributed by atoms with E-state index in [-0.39, 0.29) is 12.8 Å². The van der Waals surface area contributed by atoms with Crippen LogP contribution >= 0.6 is 11.3 Å². The van der Waals surface area contributed by atoms with Gasteiger partial charge in [-0.2, -0.15) is 0 Å². The van der Waals surface area contributed by atoms with Crippen molar-refractivity contribution in [3.63, 3.8) is 0 Å². The Balaban J connectivity index is 1.49. The lowest BCUT2D eigenvalue weighted by molar-refractivity contribution is -0.134. The van der Waals surface area contributed by atoms with E-state index in [2.05, 4.69) is 15.3 Å². The molecule has 0 amide bonds. The Morgan fingerprint density at radius 3 is 2.70 bits per heavy atom. The summed E-state index contributed by atoms with van der Waals surface area (Å²) < 4.78 is 32.8. The van der Waals surface area contributed by atoms with Gasteiger partial charge in [-0.05, 0) is 30.9 Å². The Morgan fingerprint density at radius 2 is 1.97 bits per heavy atom. The van der Waals surface area contributed by atoms with E-state index in [1.165, 1.54) is 11.3 Å². The van der Waals surface area contributed by atoms with Gasteiger partial charge >= 0.3 is 0 Å². The molecule has 1 fully saturated rings. The first-order valence-electron chi connectivity index (χ1n) is 10.0. The van der Waals surface area contributed by atoms with Gasteiger partial charge in [0.15, 0.2) is 16.7 Å². The Bertz CT molecular complexity index is 1050. The predicted octanol–water partition coefficient (Wildman–Crippen LogP) is 5.49. The van der Waals surface area contributed by atoms with E-state index in [0.717, 1.165) is 28.8 Å². The van der Waals surface area contributed by atoms with E-state index >= 15 is 0 Å². The van der Waals surface area contributed by atoms with Crippen molar-refractivity contribution in [1.29, 1.82) is 0 Å². The lowest BCUT2D eigenvalue weighted by atomic mass is 9.91. The molecule has 2 N–H and O–H groups in total. The summed E-state index contributed by atoms with van der Waals surface area (Å²) in [5.74, 6) is -1.79. The molecule has 8 heteroatoms. The van der Waals surface area contributed by atoms with Crippen LogP contribution in [-0.4, -0.2) is 27.1 Å². The number of rotatable bonds is 5. The van der Waals surface area contributed by atoms with Crippen molar-refractivity contribution >= 4 is 22.3 Å². The highest BCUT2D eigenvalue weighted by atomic mass is 32.1. The molecule has 5 rings (SSSR count). The molecular weight excluding hydrogens is 408 g/mol. The normalized spacial score (nSPS) is 20.3. The molecule has 1 aromatic carbocycles. The number of hydrogen-bond acceptors (Lipinski definition) is 6. The summed E-state index contributed by atoms with van der Waals surface area (Å²) in [7, 11) is 0. The minimum atomic E-state index is -2.67. The first-order chi connectivity index (χ1) is 14.5. The second kappa shape index (κ2) is 7.59. The number of nitrogens with one attached hydrogen (secondary N) is 1. The molecule has 30 heavy (non-hydrogen) atoms. The number of nitrogens with zero attached hydrogens (tertiary/aromatic N) is 2. The number of alkyl halides is 2. The number of aliphatic hydroxyl groups is 1. The molecule has 2 aliphatic carbocycles. The molecule has 0 spiro atoms. The van der Waals surface area contributed by atoms with E-state index in [4.69, 9.17) is 4.74 Å².